The number of hydrogen-bond acceptors (Lipinski definition) is 1. The first-order valence-corrected chi connectivity index (χ1v) is 1.69. The first-order valence-electron chi connectivity index (χ1n) is 1.69. The quantitative estimate of drug-likeness (QED) is 0.298. The van der Waals surface area contributed by atoms with Gasteiger partial charge in [-0.3, -0.25) is 0 Å². The minimum atomic E-state index is -2.15. The molecule has 0 saturated heterocycles. The van der Waals surface area contributed by atoms with Gasteiger partial charge in [-0.2, -0.15) is 4.39 Å². The second-order valence-electron chi connectivity index (χ2n) is 1.06. The second kappa shape index (κ2) is 2.54. The maximum atomic E-state index is 11.3. The average Bonchev–Trinajstić information content (AvgIpc) is 1.64. The third kappa shape index (κ3) is 1.81. The molecule has 8 heavy (non-hydrogen) atoms. The van der Waals surface area contributed by atoms with E-state index in [2.05, 4.69) is 0 Å². The molecule has 0 aromatic rings. The lowest BCUT2D eigenvalue weighted by Crippen LogP contribution is -1.95. The van der Waals surface area contributed by atoms with Crippen molar-refractivity contribution in [3.05, 3.63) is 11.8 Å². The van der Waals surface area contributed by atoms with Crippen LogP contribution in [0.4, 0.5) is 17.7 Å². The van der Waals surface area contributed by atoms with Crippen LogP contribution in [0, 0.1) is 0 Å². The Kier molecular flexibility index (Phi) is 2.30. The minimum Gasteiger partial charge on any atom is -0.207 e. The summed E-state index contributed by atoms with van der Waals surface area (Å²) in [5.74, 6) is -3.68. The molecule has 48 valence electrons. The Morgan fingerprint density at radius 3 is 1.62 bits per heavy atom. The first kappa shape index (κ1) is 7.26. The highest BCUT2D eigenvalue weighted by molar-refractivity contribution is 4.89. The van der Waals surface area contributed by atoms with Crippen molar-refractivity contribution in [3.8, 4) is 0 Å². The van der Waals surface area contributed by atoms with E-state index in [9.17, 15) is 17.7 Å². The molecule has 0 aliphatic carbocycles. The maximum absolute atomic E-state index is 11.3. The molecule has 0 aromatic heterocycles. The molecule has 0 heterocycles. The summed E-state index contributed by atoms with van der Waals surface area (Å²) in [7, 11) is 0. The highest BCUT2D eigenvalue weighted by atomic mass is 19.4. The third-order valence-electron chi connectivity index (χ3n) is 0.433. The molecule has 0 aromatic carbocycles. The zero-order valence-electron chi connectivity index (χ0n) is 3.96. The Morgan fingerprint density at radius 1 is 1.25 bits per heavy atom. The van der Waals surface area contributed by atoms with Gasteiger partial charge in [0, 0.05) is 0 Å². The fourth-order valence-electron chi connectivity index (χ4n) is 0.116. The van der Waals surface area contributed by atoms with Crippen molar-refractivity contribution in [2.75, 3.05) is 0 Å². The van der Waals surface area contributed by atoms with E-state index in [4.69, 9.17) is 0 Å². The Labute approximate surface area is 43.1 Å². The van der Waals surface area contributed by atoms with Gasteiger partial charge in [0.15, 0.2) is 5.83 Å². The van der Waals surface area contributed by atoms with E-state index in [0.29, 0.717) is 6.92 Å². The van der Waals surface area contributed by atoms with Crippen LogP contribution >= 0.6 is 0 Å². The third-order valence-corrected chi connectivity index (χ3v) is 0.433. The summed E-state index contributed by atoms with van der Waals surface area (Å²) in [4.78, 5) is 0. The van der Waals surface area contributed by atoms with Crippen molar-refractivity contribution in [2.45, 2.75) is 6.92 Å². The highest BCUT2D eigenvalue weighted by Crippen LogP contribution is 2.12. The van der Waals surface area contributed by atoms with Gasteiger partial charge < -0.3 is 0 Å². The SMILES string of the molecule is C/C(F)=C(/F)N(F)F. The van der Waals surface area contributed by atoms with Crippen LogP contribution < -0.4 is 0 Å². The van der Waals surface area contributed by atoms with Gasteiger partial charge in [0.25, 0.3) is 5.95 Å². The standard InChI is InChI=1S/C3H3F4N/c1-2(4)3(5)8(6)7/h1H3/b3-2+. The molecular weight excluding hydrogens is 126 g/mol. The van der Waals surface area contributed by atoms with Gasteiger partial charge in [0.2, 0.25) is 0 Å². The van der Waals surface area contributed by atoms with Gasteiger partial charge in [0.1, 0.15) is 0 Å². The molecule has 5 heteroatoms. The molecule has 0 fully saturated rings. The van der Waals surface area contributed by atoms with E-state index in [1.807, 2.05) is 0 Å². The highest BCUT2D eigenvalue weighted by Gasteiger charge is 2.09. The average molecular weight is 129 g/mol. The largest absolute Gasteiger partial charge is 0.283 e. The molecule has 0 rings (SSSR count). The summed E-state index contributed by atoms with van der Waals surface area (Å²) in [6, 6.07) is 0. The van der Waals surface area contributed by atoms with E-state index >= 15 is 0 Å². The van der Waals surface area contributed by atoms with Gasteiger partial charge in [-0.15, -0.1) is 0 Å². The molecule has 0 unspecified atom stereocenters. The lowest BCUT2D eigenvalue weighted by Gasteiger charge is -1.94. The molecule has 0 amide bonds. The fraction of sp³-hybridized carbons (Fsp3) is 0.333. The summed E-state index contributed by atoms with van der Waals surface area (Å²) >= 11 is 0. The number of rotatable bonds is 1. The molecule has 0 saturated carbocycles. The topological polar surface area (TPSA) is 3.24 Å². The zero-order chi connectivity index (χ0) is 6.73. The minimum absolute atomic E-state index is 0.599. The predicted octanol–water partition coefficient (Wildman–Crippen LogP) is 2.19. The summed E-state index contributed by atoms with van der Waals surface area (Å²) in [6.07, 6.45) is 0. The van der Waals surface area contributed by atoms with Crippen molar-refractivity contribution in [2.24, 2.45) is 0 Å². The Morgan fingerprint density at radius 2 is 1.62 bits per heavy atom. The Balaban J connectivity index is 4.00. The van der Waals surface area contributed by atoms with Crippen molar-refractivity contribution in [3.63, 3.8) is 0 Å². The number of halogens is 4. The van der Waals surface area contributed by atoms with Crippen molar-refractivity contribution >= 4 is 0 Å². The van der Waals surface area contributed by atoms with Crippen molar-refractivity contribution < 1.29 is 17.7 Å². The van der Waals surface area contributed by atoms with E-state index < -0.39 is 17.1 Å². The number of hydrogen-bond donors (Lipinski definition) is 0. The monoisotopic (exact) mass is 129 g/mol. The molecule has 0 aliphatic heterocycles. The first-order chi connectivity index (χ1) is 3.55. The van der Waals surface area contributed by atoms with Crippen LogP contribution in [-0.4, -0.2) is 5.34 Å². The lowest BCUT2D eigenvalue weighted by molar-refractivity contribution is -0.140. The Hall–Kier alpha value is -0.740. The van der Waals surface area contributed by atoms with Gasteiger partial charge in [-0.1, -0.05) is 8.96 Å². The van der Waals surface area contributed by atoms with Crippen LogP contribution in [0.3, 0.4) is 0 Å². The Bertz CT molecular complexity index is 104. The van der Waals surface area contributed by atoms with Gasteiger partial charge >= 0.3 is 0 Å². The summed E-state index contributed by atoms with van der Waals surface area (Å²) in [5.41, 5.74) is 0. The smallest absolute Gasteiger partial charge is 0.207 e. The van der Waals surface area contributed by atoms with Crippen LogP contribution in [0.1, 0.15) is 6.92 Å². The van der Waals surface area contributed by atoms with E-state index in [-0.39, 0.29) is 0 Å². The van der Waals surface area contributed by atoms with E-state index in [1.54, 1.807) is 0 Å². The van der Waals surface area contributed by atoms with Crippen LogP contribution in [0.25, 0.3) is 0 Å². The molecule has 0 N–H and O–H groups in total. The molecule has 1 nitrogen and oxygen atoms in total. The second-order valence-corrected chi connectivity index (χ2v) is 1.06. The van der Waals surface area contributed by atoms with E-state index in [0.717, 1.165) is 0 Å². The molecule has 0 aliphatic rings. The van der Waals surface area contributed by atoms with Crippen molar-refractivity contribution in [1.82, 2.24) is 5.34 Å². The number of allylic oxidation sites excluding steroid dienone is 1. The normalized spacial score (nSPS) is 13.1. The van der Waals surface area contributed by atoms with Crippen LogP contribution in [0.5, 0.6) is 0 Å². The molecular formula is C3H3F4N. The van der Waals surface area contributed by atoms with Crippen molar-refractivity contribution in [1.29, 1.82) is 0 Å². The summed E-state index contributed by atoms with van der Waals surface area (Å²) < 4.78 is 44.3. The molecule has 0 radical (unpaired) electrons. The van der Waals surface area contributed by atoms with Gasteiger partial charge in [-0.25, -0.2) is 4.39 Å². The summed E-state index contributed by atoms with van der Waals surface area (Å²) in [5, 5.41) is -1.92. The maximum Gasteiger partial charge on any atom is 0.283 e. The molecule has 0 atom stereocenters. The van der Waals surface area contributed by atoms with Crippen LogP contribution in [0.2, 0.25) is 0 Å². The lowest BCUT2D eigenvalue weighted by atomic mass is 10.6. The molecule has 0 spiro atoms. The molecule has 0 bridgehead atoms. The van der Waals surface area contributed by atoms with Gasteiger partial charge in [0.05, 0.1) is 0 Å². The van der Waals surface area contributed by atoms with Gasteiger partial charge in [-0.05, 0) is 12.3 Å². The summed E-state index contributed by atoms with van der Waals surface area (Å²) in [6.45, 7) is 0.599. The zero-order valence-corrected chi connectivity index (χ0v) is 3.96. The number of nitrogens with zero attached hydrogens (tertiary/aromatic N) is 1. The predicted molar refractivity (Wildman–Crippen MR) is 19.0 cm³/mol. The van der Waals surface area contributed by atoms with E-state index in [1.165, 1.54) is 0 Å². The van der Waals surface area contributed by atoms with Crippen LogP contribution in [0.15, 0.2) is 11.8 Å². The fourth-order valence-corrected chi connectivity index (χ4v) is 0.116. The van der Waals surface area contributed by atoms with Crippen LogP contribution in [-0.2, 0) is 0 Å².